The number of nitriles is 1. The van der Waals surface area contributed by atoms with Crippen LogP contribution < -0.4 is 0 Å². The first-order valence-corrected chi connectivity index (χ1v) is 6.54. The number of halogens is 1. The Morgan fingerprint density at radius 2 is 2.21 bits per heavy atom. The molecule has 14 heavy (non-hydrogen) atoms. The van der Waals surface area contributed by atoms with Gasteiger partial charge >= 0.3 is 0 Å². The summed E-state index contributed by atoms with van der Waals surface area (Å²) < 4.78 is 0. The number of alkyl halides is 1. The van der Waals surface area contributed by atoms with Crippen LogP contribution in [0.1, 0.15) is 32.6 Å². The molecule has 0 aliphatic heterocycles. The Labute approximate surface area is 95.4 Å². The van der Waals surface area contributed by atoms with Crippen LogP contribution in [0.2, 0.25) is 0 Å². The fourth-order valence-electron chi connectivity index (χ4n) is 2.04. The van der Waals surface area contributed by atoms with Crippen LogP contribution in [0, 0.1) is 16.7 Å². The lowest BCUT2D eigenvalue weighted by Gasteiger charge is -2.43. The van der Waals surface area contributed by atoms with E-state index in [2.05, 4.69) is 33.8 Å². The maximum Gasteiger partial charge on any atom is 0.0635 e. The van der Waals surface area contributed by atoms with E-state index in [0.29, 0.717) is 11.8 Å². The highest BCUT2D eigenvalue weighted by Crippen LogP contribution is 2.42. The van der Waals surface area contributed by atoms with Gasteiger partial charge in [0.2, 0.25) is 0 Å². The SMILES string of the molecule is CCN(CCC#N)CC1(CBr)CCC1. The Hall–Kier alpha value is -0.0700. The van der Waals surface area contributed by atoms with E-state index in [-0.39, 0.29) is 0 Å². The lowest BCUT2D eigenvalue weighted by molar-refractivity contribution is 0.0954. The zero-order chi connectivity index (χ0) is 10.4. The molecule has 0 aromatic heterocycles. The molecule has 2 nitrogen and oxygen atoms in total. The molecule has 1 aliphatic carbocycles. The van der Waals surface area contributed by atoms with Gasteiger partial charge in [0.25, 0.3) is 0 Å². The summed E-state index contributed by atoms with van der Waals surface area (Å²) >= 11 is 3.62. The van der Waals surface area contributed by atoms with Crippen LogP contribution >= 0.6 is 15.9 Å². The van der Waals surface area contributed by atoms with Gasteiger partial charge in [-0.15, -0.1) is 0 Å². The zero-order valence-electron chi connectivity index (χ0n) is 8.93. The van der Waals surface area contributed by atoms with E-state index in [1.54, 1.807) is 0 Å². The van der Waals surface area contributed by atoms with Gasteiger partial charge in [0.1, 0.15) is 0 Å². The number of hydrogen-bond donors (Lipinski definition) is 0. The van der Waals surface area contributed by atoms with Crippen LogP contribution in [0.25, 0.3) is 0 Å². The fourth-order valence-corrected chi connectivity index (χ4v) is 2.78. The molecule has 0 radical (unpaired) electrons. The zero-order valence-corrected chi connectivity index (χ0v) is 10.5. The van der Waals surface area contributed by atoms with Gasteiger partial charge in [0.15, 0.2) is 0 Å². The maximum atomic E-state index is 8.55. The van der Waals surface area contributed by atoms with Crippen LogP contribution in [-0.2, 0) is 0 Å². The summed E-state index contributed by atoms with van der Waals surface area (Å²) in [6, 6.07) is 2.22. The van der Waals surface area contributed by atoms with Gasteiger partial charge in [0.05, 0.1) is 6.07 Å². The normalized spacial score (nSPS) is 19.0. The van der Waals surface area contributed by atoms with Crippen molar-refractivity contribution in [3.8, 4) is 6.07 Å². The van der Waals surface area contributed by atoms with Crippen LogP contribution in [0.4, 0.5) is 0 Å². The van der Waals surface area contributed by atoms with Crippen molar-refractivity contribution >= 4 is 15.9 Å². The van der Waals surface area contributed by atoms with E-state index < -0.39 is 0 Å². The Bertz CT molecular complexity index is 200. The molecule has 0 heterocycles. The summed E-state index contributed by atoms with van der Waals surface area (Å²) in [5.74, 6) is 0. The summed E-state index contributed by atoms with van der Waals surface area (Å²) in [5.41, 5.74) is 0.519. The average Bonchev–Trinajstić information content (AvgIpc) is 2.16. The van der Waals surface area contributed by atoms with E-state index in [1.165, 1.54) is 19.3 Å². The molecule has 80 valence electrons. The minimum Gasteiger partial charge on any atom is -0.302 e. The van der Waals surface area contributed by atoms with E-state index in [0.717, 1.165) is 25.0 Å². The Kier molecular flexibility index (Phi) is 4.91. The van der Waals surface area contributed by atoms with Gasteiger partial charge in [0, 0.05) is 24.8 Å². The largest absolute Gasteiger partial charge is 0.302 e. The second-order valence-corrected chi connectivity index (χ2v) is 4.82. The lowest BCUT2D eigenvalue weighted by atomic mass is 9.70. The maximum absolute atomic E-state index is 8.55. The molecule has 1 saturated carbocycles. The highest BCUT2D eigenvalue weighted by atomic mass is 79.9. The van der Waals surface area contributed by atoms with Gasteiger partial charge in [-0.2, -0.15) is 5.26 Å². The highest BCUT2D eigenvalue weighted by Gasteiger charge is 2.36. The molecule has 0 aromatic carbocycles. The summed E-state index contributed by atoms with van der Waals surface area (Å²) in [4.78, 5) is 2.41. The quantitative estimate of drug-likeness (QED) is 0.686. The summed E-state index contributed by atoms with van der Waals surface area (Å²) in [5, 5.41) is 9.67. The molecule has 1 rings (SSSR count). The van der Waals surface area contributed by atoms with Crippen molar-refractivity contribution in [2.45, 2.75) is 32.6 Å². The third-order valence-electron chi connectivity index (χ3n) is 3.24. The van der Waals surface area contributed by atoms with Crippen LogP contribution in [0.15, 0.2) is 0 Å². The third-order valence-corrected chi connectivity index (χ3v) is 4.43. The Balaban J connectivity index is 2.35. The summed E-state index contributed by atoms with van der Waals surface area (Å²) in [6.07, 6.45) is 4.73. The van der Waals surface area contributed by atoms with Crippen molar-refractivity contribution in [2.75, 3.05) is 25.0 Å². The Morgan fingerprint density at radius 3 is 2.57 bits per heavy atom. The highest BCUT2D eigenvalue weighted by molar-refractivity contribution is 9.09. The second kappa shape index (κ2) is 5.72. The minimum absolute atomic E-state index is 0.519. The molecule has 1 aliphatic rings. The number of rotatable bonds is 6. The Morgan fingerprint density at radius 1 is 1.50 bits per heavy atom. The summed E-state index contributed by atoms with van der Waals surface area (Å²) in [7, 11) is 0. The summed E-state index contributed by atoms with van der Waals surface area (Å²) in [6.45, 7) is 5.34. The number of nitrogens with zero attached hydrogens (tertiary/aromatic N) is 2. The average molecular weight is 259 g/mol. The first kappa shape index (κ1) is 12.0. The van der Waals surface area contributed by atoms with E-state index in [4.69, 9.17) is 5.26 Å². The molecule has 0 atom stereocenters. The van der Waals surface area contributed by atoms with Gasteiger partial charge in [-0.3, -0.25) is 0 Å². The van der Waals surface area contributed by atoms with Gasteiger partial charge in [-0.1, -0.05) is 29.3 Å². The third kappa shape index (κ3) is 2.96. The second-order valence-electron chi connectivity index (χ2n) is 4.26. The monoisotopic (exact) mass is 258 g/mol. The molecule has 0 N–H and O–H groups in total. The molecule has 3 heteroatoms. The van der Waals surface area contributed by atoms with Gasteiger partial charge < -0.3 is 4.90 Å². The van der Waals surface area contributed by atoms with Gasteiger partial charge in [-0.05, 0) is 24.8 Å². The minimum atomic E-state index is 0.519. The molecular formula is C11H19BrN2. The lowest BCUT2D eigenvalue weighted by Crippen LogP contribution is -2.43. The van der Waals surface area contributed by atoms with Gasteiger partial charge in [-0.25, -0.2) is 0 Å². The predicted octanol–water partition coefficient (Wildman–Crippen LogP) is 2.79. The van der Waals surface area contributed by atoms with Crippen molar-refractivity contribution in [2.24, 2.45) is 5.41 Å². The fraction of sp³-hybridized carbons (Fsp3) is 0.909. The van der Waals surface area contributed by atoms with E-state index in [9.17, 15) is 0 Å². The van der Waals surface area contributed by atoms with Crippen molar-refractivity contribution in [1.82, 2.24) is 4.90 Å². The standard InChI is InChI=1S/C11H19BrN2/c1-2-14(8-4-7-13)10-11(9-12)5-3-6-11/h2-6,8-10H2,1H3. The van der Waals surface area contributed by atoms with Crippen molar-refractivity contribution in [3.63, 3.8) is 0 Å². The first-order chi connectivity index (χ1) is 6.76. The van der Waals surface area contributed by atoms with Crippen LogP contribution in [0.3, 0.4) is 0 Å². The first-order valence-electron chi connectivity index (χ1n) is 5.41. The topological polar surface area (TPSA) is 27.0 Å². The molecule has 0 unspecified atom stereocenters. The molecule has 1 fully saturated rings. The smallest absolute Gasteiger partial charge is 0.0635 e. The molecule has 0 amide bonds. The van der Waals surface area contributed by atoms with Crippen molar-refractivity contribution < 1.29 is 0 Å². The number of hydrogen-bond acceptors (Lipinski definition) is 2. The van der Waals surface area contributed by atoms with E-state index >= 15 is 0 Å². The van der Waals surface area contributed by atoms with Crippen LogP contribution in [0.5, 0.6) is 0 Å². The predicted molar refractivity (Wildman–Crippen MR) is 62.4 cm³/mol. The molecule has 0 aromatic rings. The van der Waals surface area contributed by atoms with Crippen LogP contribution in [-0.4, -0.2) is 29.9 Å². The molecule has 0 spiro atoms. The van der Waals surface area contributed by atoms with E-state index in [1.807, 2.05) is 0 Å². The molecular weight excluding hydrogens is 240 g/mol. The molecule has 0 saturated heterocycles. The molecule has 0 bridgehead atoms. The van der Waals surface area contributed by atoms with Crippen molar-refractivity contribution in [1.29, 1.82) is 5.26 Å². The van der Waals surface area contributed by atoms with Crippen molar-refractivity contribution in [3.05, 3.63) is 0 Å².